The molecule has 2 aromatic carbocycles. The zero-order chi connectivity index (χ0) is 17.3. The molecule has 0 unspecified atom stereocenters. The van der Waals surface area contributed by atoms with Gasteiger partial charge < -0.3 is 0 Å². The van der Waals surface area contributed by atoms with Crippen molar-refractivity contribution < 1.29 is 18.1 Å². The van der Waals surface area contributed by atoms with Crippen LogP contribution in [0.5, 0.6) is 0 Å². The summed E-state index contributed by atoms with van der Waals surface area (Å²) in [5.74, 6) is 0. The van der Waals surface area contributed by atoms with Gasteiger partial charge in [0.2, 0.25) is 0 Å². The number of phosphoric ester groups is 1. The van der Waals surface area contributed by atoms with Gasteiger partial charge in [-0.3, -0.25) is 13.6 Å². The Hall–Kier alpha value is -1.71. The summed E-state index contributed by atoms with van der Waals surface area (Å²) in [4.78, 5) is 0. The van der Waals surface area contributed by atoms with Crippen LogP contribution in [0.3, 0.4) is 0 Å². The molecule has 0 heterocycles. The summed E-state index contributed by atoms with van der Waals surface area (Å²) in [7, 11) is -3.50. The molecule has 2 aromatic rings. The maximum atomic E-state index is 12.4. The molecule has 0 fully saturated rings. The maximum Gasteiger partial charge on any atom is 0.475 e. The minimum atomic E-state index is -3.50. The summed E-state index contributed by atoms with van der Waals surface area (Å²) in [5.41, 5.74) is 3.14. The van der Waals surface area contributed by atoms with Crippen molar-refractivity contribution in [2.75, 3.05) is 19.8 Å². The summed E-state index contributed by atoms with van der Waals surface area (Å²) in [6, 6.07) is 20.0. The topological polar surface area (TPSA) is 44.8 Å². The Morgan fingerprint density at radius 1 is 0.833 bits per heavy atom. The molecule has 0 amide bonds. The van der Waals surface area contributed by atoms with Gasteiger partial charge in [-0.05, 0) is 36.6 Å². The fourth-order valence-electron chi connectivity index (χ4n) is 2.28. The lowest BCUT2D eigenvalue weighted by molar-refractivity contribution is 0.131. The Bertz CT molecular complexity index is 632. The molecule has 0 N–H and O–H groups in total. The standard InChI is InChI=1S/C19H23O4P/c1-3-21-24(20,22-4-2)23-16-15-19(17-11-7-5-8-12-17)18-13-9-6-10-14-18/h5-15H,3-4,16H2,1-2H3. The summed E-state index contributed by atoms with van der Waals surface area (Å²) >= 11 is 0. The molecule has 0 bridgehead atoms. The average Bonchev–Trinajstić information content (AvgIpc) is 2.61. The molecule has 24 heavy (non-hydrogen) atoms. The van der Waals surface area contributed by atoms with Gasteiger partial charge in [0.15, 0.2) is 0 Å². The first-order chi connectivity index (χ1) is 11.7. The molecular formula is C19H23O4P. The third kappa shape index (κ3) is 5.43. The Morgan fingerprint density at radius 3 is 1.71 bits per heavy atom. The van der Waals surface area contributed by atoms with Gasteiger partial charge in [-0.2, -0.15) is 0 Å². The molecule has 0 atom stereocenters. The van der Waals surface area contributed by atoms with E-state index in [1.807, 2.05) is 66.7 Å². The second-order valence-corrected chi connectivity index (χ2v) is 6.60. The number of phosphoric acid groups is 1. The third-order valence-corrected chi connectivity index (χ3v) is 4.88. The van der Waals surface area contributed by atoms with Crippen LogP contribution >= 0.6 is 7.82 Å². The van der Waals surface area contributed by atoms with Crippen molar-refractivity contribution in [3.05, 3.63) is 77.9 Å². The molecule has 0 aliphatic rings. The van der Waals surface area contributed by atoms with Gasteiger partial charge in [0, 0.05) is 0 Å². The Balaban J connectivity index is 2.22. The second-order valence-electron chi connectivity index (χ2n) is 4.93. The predicted octanol–water partition coefficient (Wildman–Crippen LogP) is 5.32. The van der Waals surface area contributed by atoms with Crippen molar-refractivity contribution in [1.29, 1.82) is 0 Å². The monoisotopic (exact) mass is 346 g/mol. The van der Waals surface area contributed by atoms with Crippen molar-refractivity contribution in [1.82, 2.24) is 0 Å². The normalized spacial score (nSPS) is 11.2. The molecule has 0 saturated carbocycles. The highest BCUT2D eigenvalue weighted by atomic mass is 31.2. The predicted molar refractivity (Wildman–Crippen MR) is 96.8 cm³/mol. The smallest absolute Gasteiger partial charge is 0.287 e. The van der Waals surface area contributed by atoms with Crippen LogP contribution in [0, 0.1) is 0 Å². The summed E-state index contributed by atoms with van der Waals surface area (Å²) in [6.45, 7) is 4.18. The number of benzene rings is 2. The quantitative estimate of drug-likeness (QED) is 0.577. The van der Waals surface area contributed by atoms with Gasteiger partial charge in [-0.25, -0.2) is 4.57 Å². The van der Waals surface area contributed by atoms with E-state index in [4.69, 9.17) is 13.6 Å². The fraction of sp³-hybridized carbons (Fsp3) is 0.263. The highest BCUT2D eigenvalue weighted by Crippen LogP contribution is 2.49. The van der Waals surface area contributed by atoms with Gasteiger partial charge in [0.1, 0.15) is 0 Å². The molecule has 0 aromatic heterocycles. The van der Waals surface area contributed by atoms with Crippen LogP contribution < -0.4 is 0 Å². The van der Waals surface area contributed by atoms with Crippen molar-refractivity contribution in [2.45, 2.75) is 13.8 Å². The first-order valence-electron chi connectivity index (χ1n) is 8.03. The van der Waals surface area contributed by atoms with E-state index >= 15 is 0 Å². The van der Waals surface area contributed by atoms with Gasteiger partial charge in [-0.1, -0.05) is 60.7 Å². The second kappa shape index (κ2) is 9.55. The molecule has 128 valence electrons. The Morgan fingerprint density at radius 2 is 1.29 bits per heavy atom. The summed E-state index contributed by atoms with van der Waals surface area (Å²) < 4.78 is 28.1. The van der Waals surface area contributed by atoms with Crippen molar-refractivity contribution in [2.24, 2.45) is 0 Å². The van der Waals surface area contributed by atoms with Crippen LogP contribution in [0.4, 0.5) is 0 Å². The first-order valence-corrected chi connectivity index (χ1v) is 9.49. The van der Waals surface area contributed by atoms with Gasteiger partial charge in [0.05, 0.1) is 19.8 Å². The van der Waals surface area contributed by atoms with Crippen LogP contribution in [0.2, 0.25) is 0 Å². The van der Waals surface area contributed by atoms with Crippen LogP contribution in [-0.2, 0) is 18.1 Å². The molecule has 4 nitrogen and oxygen atoms in total. The molecule has 0 saturated heterocycles. The van der Waals surface area contributed by atoms with Crippen LogP contribution in [-0.4, -0.2) is 19.8 Å². The minimum Gasteiger partial charge on any atom is -0.287 e. The summed E-state index contributed by atoms with van der Waals surface area (Å²) in [5, 5.41) is 0. The lowest BCUT2D eigenvalue weighted by atomic mass is 9.98. The van der Waals surface area contributed by atoms with Gasteiger partial charge >= 0.3 is 7.82 Å². The SMILES string of the molecule is CCOP(=O)(OCC)OCC=C(c1ccccc1)c1ccccc1. The van der Waals surface area contributed by atoms with Crippen molar-refractivity contribution in [3.63, 3.8) is 0 Å². The molecule has 0 spiro atoms. The van der Waals surface area contributed by atoms with E-state index < -0.39 is 7.82 Å². The third-order valence-electron chi connectivity index (χ3n) is 3.26. The molecule has 2 rings (SSSR count). The van der Waals surface area contributed by atoms with Gasteiger partial charge in [0.25, 0.3) is 0 Å². The number of hydrogen-bond donors (Lipinski definition) is 0. The van der Waals surface area contributed by atoms with Gasteiger partial charge in [-0.15, -0.1) is 0 Å². The van der Waals surface area contributed by atoms with Crippen molar-refractivity contribution >= 4 is 13.4 Å². The lowest BCUT2D eigenvalue weighted by Gasteiger charge is -2.16. The largest absolute Gasteiger partial charge is 0.475 e. The molecule has 0 aliphatic carbocycles. The summed E-state index contributed by atoms with van der Waals surface area (Å²) in [6.07, 6.45) is 1.90. The maximum absolute atomic E-state index is 12.4. The van der Waals surface area contributed by atoms with E-state index in [2.05, 4.69) is 0 Å². The molecule has 0 radical (unpaired) electrons. The first kappa shape index (κ1) is 18.6. The number of hydrogen-bond acceptors (Lipinski definition) is 4. The zero-order valence-corrected chi connectivity index (χ0v) is 14.9. The van der Waals surface area contributed by atoms with Crippen LogP contribution in [0.25, 0.3) is 5.57 Å². The molecule has 5 heteroatoms. The molecule has 0 aliphatic heterocycles. The van der Waals surface area contributed by atoms with E-state index in [0.29, 0.717) is 0 Å². The van der Waals surface area contributed by atoms with Crippen LogP contribution in [0.15, 0.2) is 66.7 Å². The average molecular weight is 346 g/mol. The highest BCUT2D eigenvalue weighted by molar-refractivity contribution is 7.48. The Labute approximate surface area is 143 Å². The Kier molecular flexibility index (Phi) is 7.41. The fourth-order valence-corrected chi connectivity index (χ4v) is 3.39. The highest BCUT2D eigenvalue weighted by Gasteiger charge is 2.24. The van der Waals surface area contributed by atoms with E-state index in [0.717, 1.165) is 16.7 Å². The number of rotatable bonds is 9. The lowest BCUT2D eigenvalue weighted by Crippen LogP contribution is -2.01. The van der Waals surface area contributed by atoms with E-state index in [1.54, 1.807) is 13.8 Å². The zero-order valence-electron chi connectivity index (χ0n) is 14.1. The van der Waals surface area contributed by atoms with E-state index in [1.165, 1.54) is 0 Å². The molecular weight excluding hydrogens is 323 g/mol. The van der Waals surface area contributed by atoms with E-state index in [-0.39, 0.29) is 19.8 Å². The minimum absolute atomic E-state index is 0.135. The van der Waals surface area contributed by atoms with E-state index in [9.17, 15) is 4.57 Å². The van der Waals surface area contributed by atoms with Crippen molar-refractivity contribution in [3.8, 4) is 0 Å². The van der Waals surface area contributed by atoms with Crippen LogP contribution in [0.1, 0.15) is 25.0 Å².